The number of aliphatic imine (C=N–C) groups is 2. The van der Waals surface area contributed by atoms with Gasteiger partial charge >= 0.3 is 5.97 Å². The van der Waals surface area contributed by atoms with E-state index in [-0.39, 0.29) is 16.4 Å². The van der Waals surface area contributed by atoms with Crippen LogP contribution < -0.4 is 4.74 Å². The summed E-state index contributed by atoms with van der Waals surface area (Å²) in [5.41, 5.74) is 2.31. The predicted octanol–water partition coefficient (Wildman–Crippen LogP) is 5.89. The van der Waals surface area contributed by atoms with Crippen LogP contribution >= 0.6 is 11.8 Å². The van der Waals surface area contributed by atoms with Crippen LogP contribution in [0.2, 0.25) is 0 Å². The van der Waals surface area contributed by atoms with Gasteiger partial charge < -0.3 is 14.9 Å². The zero-order valence-electron chi connectivity index (χ0n) is 19.6. The lowest BCUT2D eigenvalue weighted by Gasteiger charge is -2.39. The van der Waals surface area contributed by atoms with E-state index in [4.69, 9.17) is 9.73 Å². The molecule has 1 heterocycles. The number of nitrogens with zero attached hydrogens (tertiary/aromatic N) is 2. The van der Waals surface area contributed by atoms with Gasteiger partial charge in [0.25, 0.3) is 0 Å². The Morgan fingerprint density at radius 1 is 1.34 bits per heavy atom. The standard InChI is InChI=1S/C25H36N2O4S/c1-5-7-8-16(6-2)14-31-17-9-10-18(22(28)11-17)26-19-12-25(3,4)13-20-23(19)32-15-21(27-20)24(29)30/h9-11,16,21,23,28H,5-8,12-15H2,1-4H3,(H,29,30). The molecular weight excluding hydrogens is 424 g/mol. The quantitative estimate of drug-likeness (QED) is 0.479. The molecule has 1 aromatic carbocycles. The first-order chi connectivity index (χ1) is 15.2. The Hall–Kier alpha value is -2.02. The van der Waals surface area contributed by atoms with Gasteiger partial charge in [-0.1, -0.05) is 47.0 Å². The molecule has 1 aliphatic carbocycles. The number of rotatable bonds is 9. The van der Waals surface area contributed by atoms with E-state index in [0.29, 0.717) is 29.7 Å². The minimum Gasteiger partial charge on any atom is -0.506 e. The molecule has 2 aliphatic rings. The number of aromatic hydroxyl groups is 1. The first-order valence-corrected chi connectivity index (χ1v) is 12.7. The lowest BCUT2D eigenvalue weighted by molar-refractivity contribution is -0.137. The van der Waals surface area contributed by atoms with Gasteiger partial charge in [-0.3, -0.25) is 9.98 Å². The van der Waals surface area contributed by atoms with Gasteiger partial charge in [-0.2, -0.15) is 0 Å². The molecule has 176 valence electrons. The number of aliphatic carboxylic acids is 1. The Labute approximate surface area is 195 Å². The van der Waals surface area contributed by atoms with Crippen molar-refractivity contribution in [2.24, 2.45) is 21.3 Å². The molecule has 2 N–H and O–H groups in total. The fourth-order valence-corrected chi connectivity index (χ4v) is 5.59. The van der Waals surface area contributed by atoms with E-state index < -0.39 is 12.0 Å². The summed E-state index contributed by atoms with van der Waals surface area (Å²) in [6.45, 7) is 9.34. The molecule has 1 fully saturated rings. The Bertz CT molecular complexity index is 881. The van der Waals surface area contributed by atoms with Crippen molar-refractivity contribution in [1.82, 2.24) is 0 Å². The Morgan fingerprint density at radius 3 is 2.78 bits per heavy atom. The van der Waals surface area contributed by atoms with E-state index in [1.807, 2.05) is 6.07 Å². The predicted molar refractivity (Wildman–Crippen MR) is 132 cm³/mol. The van der Waals surface area contributed by atoms with Gasteiger partial charge in [-0.15, -0.1) is 11.8 Å². The van der Waals surface area contributed by atoms with Crippen LogP contribution in [0, 0.1) is 11.3 Å². The number of carbonyl (C=O) groups is 1. The van der Waals surface area contributed by atoms with E-state index in [1.54, 1.807) is 23.9 Å². The fraction of sp³-hybridized carbons (Fsp3) is 0.640. The highest BCUT2D eigenvalue weighted by molar-refractivity contribution is 8.01. The van der Waals surface area contributed by atoms with Crippen molar-refractivity contribution < 1.29 is 19.7 Å². The number of unbranched alkanes of at least 4 members (excludes halogenated alkanes) is 1. The van der Waals surface area contributed by atoms with Crippen LogP contribution in [0.1, 0.15) is 66.2 Å². The Kier molecular flexibility index (Phi) is 8.26. The molecule has 0 spiro atoms. The molecule has 1 aliphatic heterocycles. The molecule has 7 heteroatoms. The molecule has 0 radical (unpaired) electrons. The summed E-state index contributed by atoms with van der Waals surface area (Å²) in [6, 6.07) is 4.62. The van der Waals surface area contributed by atoms with Gasteiger partial charge in [0.15, 0.2) is 6.04 Å². The van der Waals surface area contributed by atoms with Gasteiger partial charge in [0.2, 0.25) is 0 Å². The maximum atomic E-state index is 11.4. The van der Waals surface area contributed by atoms with E-state index in [0.717, 1.165) is 37.1 Å². The van der Waals surface area contributed by atoms with Gasteiger partial charge in [-0.25, -0.2) is 4.79 Å². The highest BCUT2D eigenvalue weighted by Gasteiger charge is 2.40. The van der Waals surface area contributed by atoms with Crippen LogP contribution in [-0.2, 0) is 4.79 Å². The fourth-order valence-electron chi connectivity index (χ4n) is 4.33. The Morgan fingerprint density at radius 2 is 2.12 bits per heavy atom. The Balaban J connectivity index is 1.76. The molecule has 3 atom stereocenters. The number of carboxylic acids is 1. The van der Waals surface area contributed by atoms with E-state index in [9.17, 15) is 15.0 Å². The van der Waals surface area contributed by atoms with E-state index in [2.05, 4.69) is 32.7 Å². The minimum absolute atomic E-state index is 0.0159. The van der Waals surface area contributed by atoms with Crippen LogP contribution in [-0.4, -0.2) is 51.3 Å². The first kappa shape index (κ1) is 24.6. The molecule has 0 bridgehead atoms. The number of fused-ring (bicyclic) bond motifs is 1. The van der Waals surface area contributed by atoms with Crippen LogP contribution in [0.15, 0.2) is 28.2 Å². The average molecular weight is 461 g/mol. The number of thioether (sulfide) groups is 1. The normalized spacial score (nSPS) is 24.5. The molecule has 6 nitrogen and oxygen atoms in total. The second kappa shape index (κ2) is 10.7. The number of phenols is 1. The van der Waals surface area contributed by atoms with Crippen molar-refractivity contribution in [1.29, 1.82) is 0 Å². The molecule has 0 saturated heterocycles. The molecule has 0 amide bonds. The summed E-state index contributed by atoms with van der Waals surface area (Å²) < 4.78 is 5.95. The maximum absolute atomic E-state index is 11.4. The second-order valence-corrected chi connectivity index (χ2v) is 10.8. The number of phenolic OH excluding ortho intramolecular Hbond substituents is 1. The van der Waals surface area contributed by atoms with Crippen molar-refractivity contribution in [2.45, 2.75) is 77.5 Å². The first-order valence-electron chi connectivity index (χ1n) is 11.7. The van der Waals surface area contributed by atoms with Gasteiger partial charge in [0, 0.05) is 23.2 Å². The van der Waals surface area contributed by atoms with Crippen molar-refractivity contribution in [3.63, 3.8) is 0 Å². The maximum Gasteiger partial charge on any atom is 0.329 e. The summed E-state index contributed by atoms with van der Waals surface area (Å²) in [5, 5.41) is 20.0. The van der Waals surface area contributed by atoms with Crippen molar-refractivity contribution in [2.75, 3.05) is 12.4 Å². The zero-order chi connectivity index (χ0) is 23.3. The lowest BCUT2D eigenvalue weighted by Crippen LogP contribution is -2.44. The summed E-state index contributed by atoms with van der Waals surface area (Å²) in [5.74, 6) is 0.848. The van der Waals surface area contributed by atoms with E-state index >= 15 is 0 Å². The van der Waals surface area contributed by atoms with Crippen LogP contribution in [0.3, 0.4) is 0 Å². The number of carboxylic acid groups (broad SMARTS) is 1. The summed E-state index contributed by atoms with van der Waals surface area (Å²) in [7, 11) is 0. The summed E-state index contributed by atoms with van der Waals surface area (Å²) >= 11 is 1.59. The molecular formula is C25H36N2O4S. The van der Waals surface area contributed by atoms with Crippen LogP contribution in [0.25, 0.3) is 0 Å². The number of hydrogen-bond donors (Lipinski definition) is 2. The average Bonchev–Trinajstić information content (AvgIpc) is 2.74. The number of hydrogen-bond acceptors (Lipinski definition) is 6. The van der Waals surface area contributed by atoms with Crippen molar-refractivity contribution >= 4 is 34.8 Å². The third-order valence-electron chi connectivity index (χ3n) is 6.19. The minimum atomic E-state index is -0.876. The molecule has 3 rings (SSSR count). The largest absolute Gasteiger partial charge is 0.506 e. The molecule has 1 aromatic rings. The molecule has 1 saturated carbocycles. The van der Waals surface area contributed by atoms with Gasteiger partial charge in [-0.05, 0) is 42.7 Å². The molecule has 3 unspecified atom stereocenters. The number of ether oxygens (including phenoxy) is 1. The van der Waals surface area contributed by atoms with Gasteiger partial charge in [0.1, 0.15) is 17.2 Å². The zero-order valence-corrected chi connectivity index (χ0v) is 20.5. The lowest BCUT2D eigenvalue weighted by atomic mass is 9.75. The monoisotopic (exact) mass is 460 g/mol. The van der Waals surface area contributed by atoms with E-state index in [1.165, 1.54) is 12.8 Å². The smallest absolute Gasteiger partial charge is 0.329 e. The second-order valence-electron chi connectivity index (χ2n) is 9.69. The SMILES string of the molecule is CCCCC(CC)COc1ccc(N=C2CC(C)(C)CC3=NC(C(=O)O)CSC23)c(O)c1. The third kappa shape index (κ3) is 6.27. The van der Waals surface area contributed by atoms with Crippen LogP contribution in [0.5, 0.6) is 11.5 Å². The topological polar surface area (TPSA) is 91.5 Å². The van der Waals surface area contributed by atoms with Crippen molar-refractivity contribution in [3.8, 4) is 11.5 Å². The highest BCUT2D eigenvalue weighted by atomic mass is 32.2. The summed E-state index contributed by atoms with van der Waals surface area (Å²) in [6.07, 6.45) is 6.19. The van der Waals surface area contributed by atoms with Gasteiger partial charge in [0.05, 0.1) is 11.9 Å². The molecule has 0 aromatic heterocycles. The summed E-state index contributed by atoms with van der Waals surface area (Å²) in [4.78, 5) is 20.8. The van der Waals surface area contributed by atoms with Crippen molar-refractivity contribution in [3.05, 3.63) is 18.2 Å². The van der Waals surface area contributed by atoms with Crippen LogP contribution in [0.4, 0.5) is 5.69 Å². The number of benzene rings is 1. The highest BCUT2D eigenvalue weighted by Crippen LogP contribution is 2.41. The molecule has 32 heavy (non-hydrogen) atoms. The third-order valence-corrected chi connectivity index (χ3v) is 7.58.